The third kappa shape index (κ3) is 3.57. The zero-order valence-electron chi connectivity index (χ0n) is 11.7. The van der Waals surface area contributed by atoms with Gasteiger partial charge in [-0.05, 0) is 43.0 Å². The van der Waals surface area contributed by atoms with Crippen LogP contribution in [0.3, 0.4) is 0 Å². The van der Waals surface area contributed by atoms with Gasteiger partial charge in [0.2, 0.25) is 0 Å². The lowest BCUT2D eigenvalue weighted by atomic mass is 9.91. The molecule has 0 heterocycles. The second kappa shape index (κ2) is 6.06. The van der Waals surface area contributed by atoms with E-state index in [1.807, 2.05) is 12.1 Å². The average molecular weight is 281 g/mol. The summed E-state index contributed by atoms with van der Waals surface area (Å²) in [5, 5.41) is 3.55. The quantitative estimate of drug-likeness (QED) is 0.902. The summed E-state index contributed by atoms with van der Waals surface area (Å²) in [6.07, 6.45) is 6.42. The Morgan fingerprint density at radius 1 is 1.21 bits per heavy atom. The van der Waals surface area contributed by atoms with E-state index >= 15 is 0 Å². The summed E-state index contributed by atoms with van der Waals surface area (Å²) in [7, 11) is -3.10. The van der Waals surface area contributed by atoms with Crippen molar-refractivity contribution in [1.82, 2.24) is 5.32 Å². The standard InChI is InChI=1S/C15H23NO2S/c1-3-16-15(12-6-4-5-7-12)13-8-10-14(11-9-13)19(2,17)18/h8-12,15-16H,3-7H2,1-2H3. The zero-order chi connectivity index (χ0) is 13.9. The second-order valence-electron chi connectivity index (χ2n) is 5.42. The predicted octanol–water partition coefficient (Wildman–Crippen LogP) is 2.93. The van der Waals surface area contributed by atoms with Crippen LogP contribution >= 0.6 is 0 Å². The number of benzene rings is 1. The van der Waals surface area contributed by atoms with Crippen LogP contribution in [0.1, 0.15) is 44.2 Å². The fraction of sp³-hybridized carbons (Fsp3) is 0.600. The number of rotatable bonds is 5. The lowest BCUT2D eigenvalue weighted by Gasteiger charge is -2.25. The lowest BCUT2D eigenvalue weighted by molar-refractivity contribution is 0.374. The largest absolute Gasteiger partial charge is 0.310 e. The molecule has 1 atom stereocenters. The molecule has 4 heteroatoms. The predicted molar refractivity (Wildman–Crippen MR) is 77.9 cm³/mol. The molecule has 0 spiro atoms. The maximum absolute atomic E-state index is 11.5. The normalized spacial score (nSPS) is 18.6. The fourth-order valence-corrected chi connectivity index (χ4v) is 3.62. The summed E-state index contributed by atoms with van der Waals surface area (Å²) in [6.45, 7) is 3.06. The van der Waals surface area contributed by atoms with Crippen LogP contribution < -0.4 is 5.32 Å². The van der Waals surface area contributed by atoms with E-state index in [9.17, 15) is 8.42 Å². The first-order chi connectivity index (χ1) is 9.02. The number of hydrogen-bond acceptors (Lipinski definition) is 3. The minimum atomic E-state index is -3.10. The number of sulfone groups is 1. The van der Waals surface area contributed by atoms with E-state index in [0.29, 0.717) is 16.9 Å². The van der Waals surface area contributed by atoms with Gasteiger partial charge in [0.05, 0.1) is 4.90 Å². The van der Waals surface area contributed by atoms with Crippen LogP contribution in [-0.4, -0.2) is 21.2 Å². The molecule has 1 aliphatic carbocycles. The highest BCUT2D eigenvalue weighted by molar-refractivity contribution is 7.90. The smallest absolute Gasteiger partial charge is 0.175 e. The van der Waals surface area contributed by atoms with Crippen molar-refractivity contribution in [2.24, 2.45) is 5.92 Å². The first-order valence-corrected chi connectivity index (χ1v) is 8.95. The molecule has 1 fully saturated rings. The summed E-state index contributed by atoms with van der Waals surface area (Å²) in [4.78, 5) is 0.401. The van der Waals surface area contributed by atoms with Crippen LogP contribution in [0.15, 0.2) is 29.2 Å². The summed E-state index contributed by atoms with van der Waals surface area (Å²) in [6, 6.07) is 7.74. The molecule has 1 aromatic carbocycles. The van der Waals surface area contributed by atoms with E-state index in [-0.39, 0.29) is 0 Å². The van der Waals surface area contributed by atoms with Crippen molar-refractivity contribution in [2.75, 3.05) is 12.8 Å². The van der Waals surface area contributed by atoms with E-state index in [0.717, 1.165) is 6.54 Å². The highest BCUT2D eigenvalue weighted by Crippen LogP contribution is 2.35. The molecule has 1 saturated carbocycles. The first kappa shape index (κ1) is 14.5. The highest BCUT2D eigenvalue weighted by atomic mass is 32.2. The lowest BCUT2D eigenvalue weighted by Crippen LogP contribution is -2.26. The summed E-state index contributed by atoms with van der Waals surface area (Å²) in [5.74, 6) is 0.684. The van der Waals surface area contributed by atoms with Crippen molar-refractivity contribution in [1.29, 1.82) is 0 Å². The van der Waals surface area contributed by atoms with Gasteiger partial charge in [0, 0.05) is 12.3 Å². The van der Waals surface area contributed by atoms with Gasteiger partial charge in [-0.2, -0.15) is 0 Å². The van der Waals surface area contributed by atoms with Crippen molar-refractivity contribution in [3.8, 4) is 0 Å². The Morgan fingerprint density at radius 3 is 2.26 bits per heavy atom. The van der Waals surface area contributed by atoms with E-state index in [2.05, 4.69) is 12.2 Å². The molecule has 0 saturated heterocycles. The summed E-state index contributed by atoms with van der Waals surface area (Å²) >= 11 is 0. The third-order valence-corrected chi connectivity index (χ3v) is 5.09. The van der Waals surface area contributed by atoms with Gasteiger partial charge in [-0.1, -0.05) is 31.9 Å². The topological polar surface area (TPSA) is 46.2 Å². The van der Waals surface area contributed by atoms with Gasteiger partial charge in [-0.25, -0.2) is 8.42 Å². The Balaban J connectivity index is 2.22. The van der Waals surface area contributed by atoms with Gasteiger partial charge >= 0.3 is 0 Å². The molecule has 1 unspecified atom stereocenters. The SMILES string of the molecule is CCNC(c1ccc(S(C)(=O)=O)cc1)C1CCCC1. The van der Waals surface area contributed by atoms with Crippen LogP contribution in [0.2, 0.25) is 0 Å². The molecule has 3 nitrogen and oxygen atoms in total. The molecule has 0 aliphatic heterocycles. The van der Waals surface area contributed by atoms with E-state index in [1.165, 1.54) is 37.5 Å². The highest BCUT2D eigenvalue weighted by Gasteiger charge is 2.25. The van der Waals surface area contributed by atoms with E-state index in [1.54, 1.807) is 12.1 Å². The van der Waals surface area contributed by atoms with Gasteiger partial charge in [0.1, 0.15) is 0 Å². The molecule has 1 aliphatic rings. The van der Waals surface area contributed by atoms with Crippen molar-refractivity contribution in [2.45, 2.75) is 43.5 Å². The monoisotopic (exact) mass is 281 g/mol. The Morgan fingerprint density at radius 2 is 1.79 bits per heavy atom. The van der Waals surface area contributed by atoms with Crippen molar-refractivity contribution in [3.05, 3.63) is 29.8 Å². The van der Waals surface area contributed by atoms with Gasteiger partial charge in [0.25, 0.3) is 0 Å². The van der Waals surface area contributed by atoms with Crippen LogP contribution in [0.4, 0.5) is 0 Å². The van der Waals surface area contributed by atoms with Crippen LogP contribution in [0, 0.1) is 5.92 Å². The Kier molecular flexibility index (Phi) is 4.63. The van der Waals surface area contributed by atoms with Gasteiger partial charge in [-0.3, -0.25) is 0 Å². The molecule has 19 heavy (non-hydrogen) atoms. The average Bonchev–Trinajstić information content (AvgIpc) is 2.89. The summed E-state index contributed by atoms with van der Waals surface area (Å²) < 4.78 is 23.0. The molecule has 0 bridgehead atoms. The van der Waals surface area contributed by atoms with Crippen molar-refractivity contribution < 1.29 is 8.42 Å². The molecule has 1 N–H and O–H groups in total. The first-order valence-electron chi connectivity index (χ1n) is 7.05. The third-order valence-electron chi connectivity index (χ3n) is 3.96. The molecular weight excluding hydrogens is 258 g/mol. The number of nitrogens with one attached hydrogen (secondary N) is 1. The maximum Gasteiger partial charge on any atom is 0.175 e. The second-order valence-corrected chi connectivity index (χ2v) is 7.44. The van der Waals surface area contributed by atoms with Crippen LogP contribution in [-0.2, 0) is 9.84 Å². The Labute approximate surface area is 116 Å². The maximum atomic E-state index is 11.5. The fourth-order valence-electron chi connectivity index (χ4n) is 2.99. The van der Waals surface area contributed by atoms with E-state index in [4.69, 9.17) is 0 Å². The molecule has 2 rings (SSSR count). The summed E-state index contributed by atoms with van der Waals surface area (Å²) in [5.41, 5.74) is 1.21. The van der Waals surface area contributed by atoms with Crippen molar-refractivity contribution in [3.63, 3.8) is 0 Å². The van der Waals surface area contributed by atoms with Gasteiger partial charge < -0.3 is 5.32 Å². The van der Waals surface area contributed by atoms with Crippen LogP contribution in [0.5, 0.6) is 0 Å². The van der Waals surface area contributed by atoms with Gasteiger partial charge in [0.15, 0.2) is 9.84 Å². The molecule has 0 aromatic heterocycles. The van der Waals surface area contributed by atoms with Crippen molar-refractivity contribution >= 4 is 9.84 Å². The Bertz CT molecular complexity index is 501. The van der Waals surface area contributed by atoms with Gasteiger partial charge in [-0.15, -0.1) is 0 Å². The Hall–Kier alpha value is -0.870. The van der Waals surface area contributed by atoms with Crippen LogP contribution in [0.25, 0.3) is 0 Å². The molecule has 0 radical (unpaired) electrons. The number of hydrogen-bond donors (Lipinski definition) is 1. The van der Waals surface area contributed by atoms with E-state index < -0.39 is 9.84 Å². The molecular formula is C15H23NO2S. The minimum absolute atomic E-state index is 0.362. The zero-order valence-corrected chi connectivity index (χ0v) is 12.5. The minimum Gasteiger partial charge on any atom is -0.310 e. The molecule has 1 aromatic rings. The molecule has 106 valence electrons. The molecule has 0 amide bonds.